The van der Waals surface area contributed by atoms with E-state index in [1.54, 1.807) is 21.8 Å². The Morgan fingerprint density at radius 1 is 1.24 bits per heavy atom. The topological polar surface area (TPSA) is 107 Å². The Bertz CT molecular complexity index is 1540. The Balaban J connectivity index is 1.39. The fourth-order valence-corrected chi connectivity index (χ4v) is 4.54. The first-order valence-corrected chi connectivity index (χ1v) is 11.1. The van der Waals surface area contributed by atoms with Gasteiger partial charge >= 0.3 is 0 Å². The van der Waals surface area contributed by atoms with Crippen molar-refractivity contribution in [2.45, 2.75) is 31.2 Å². The first-order chi connectivity index (χ1) is 16.5. The summed E-state index contributed by atoms with van der Waals surface area (Å²) in [6.45, 7) is 4.65. The molecule has 2 aliphatic rings. The van der Waals surface area contributed by atoms with Crippen molar-refractivity contribution in [3.8, 4) is 11.8 Å². The number of fused-ring (bicyclic) bond motifs is 2. The maximum absolute atomic E-state index is 14.9. The fourth-order valence-electron chi connectivity index (χ4n) is 4.54. The van der Waals surface area contributed by atoms with Crippen molar-refractivity contribution >= 4 is 28.3 Å². The molecule has 2 N–H and O–H groups in total. The van der Waals surface area contributed by atoms with Crippen molar-refractivity contribution in [3.05, 3.63) is 60.3 Å². The Hall–Kier alpha value is -4.26. The number of carbonyl (C=O) groups excluding carboxylic acids is 1. The number of imidazole rings is 2. The number of hydrogen-bond acceptors (Lipinski definition) is 6. The molecule has 1 saturated carbocycles. The second-order valence-electron chi connectivity index (χ2n) is 8.65. The van der Waals surface area contributed by atoms with E-state index in [1.807, 2.05) is 4.57 Å². The van der Waals surface area contributed by atoms with E-state index in [0.717, 1.165) is 24.8 Å². The van der Waals surface area contributed by atoms with Crippen LogP contribution in [0.1, 0.15) is 48.3 Å². The second-order valence-corrected chi connectivity index (χ2v) is 8.65. The van der Waals surface area contributed by atoms with E-state index >= 15 is 0 Å². The molecule has 170 valence electrons. The summed E-state index contributed by atoms with van der Waals surface area (Å²) >= 11 is 0. The highest BCUT2D eigenvalue weighted by Crippen LogP contribution is 2.37. The van der Waals surface area contributed by atoms with Gasteiger partial charge < -0.3 is 15.2 Å². The molecule has 0 unspecified atom stereocenters. The zero-order chi connectivity index (χ0) is 23.4. The van der Waals surface area contributed by atoms with Gasteiger partial charge in [-0.05, 0) is 37.3 Å². The second kappa shape index (κ2) is 7.66. The van der Waals surface area contributed by atoms with E-state index in [1.165, 1.54) is 18.5 Å². The van der Waals surface area contributed by atoms with Crippen LogP contribution >= 0.6 is 0 Å². The van der Waals surface area contributed by atoms with Crippen molar-refractivity contribution in [2.75, 3.05) is 18.8 Å². The highest BCUT2D eigenvalue weighted by Gasteiger charge is 2.31. The lowest BCUT2D eigenvalue weighted by Crippen LogP contribution is -2.26. The zero-order valence-electron chi connectivity index (χ0n) is 18.3. The Morgan fingerprint density at radius 3 is 2.88 bits per heavy atom. The first kappa shape index (κ1) is 20.4. The molecule has 0 bridgehead atoms. The highest BCUT2D eigenvalue weighted by atomic mass is 19.1. The van der Waals surface area contributed by atoms with Gasteiger partial charge in [0, 0.05) is 31.1 Å². The minimum Gasteiger partial charge on any atom is -0.382 e. The third-order valence-electron chi connectivity index (χ3n) is 6.45. The van der Waals surface area contributed by atoms with Crippen LogP contribution in [0.25, 0.3) is 16.6 Å². The van der Waals surface area contributed by atoms with Gasteiger partial charge in [0.15, 0.2) is 5.82 Å². The van der Waals surface area contributed by atoms with E-state index in [2.05, 4.69) is 33.5 Å². The number of benzene rings is 1. The predicted octanol–water partition coefficient (Wildman–Crippen LogP) is 2.43. The monoisotopic (exact) mass is 456 g/mol. The zero-order valence-corrected chi connectivity index (χ0v) is 18.3. The molecular formula is C24H21FN8O. The van der Waals surface area contributed by atoms with Gasteiger partial charge in [-0.25, -0.2) is 23.9 Å². The number of nitrogens with zero attached hydrogens (tertiary/aromatic N) is 7. The number of aromatic nitrogens is 6. The van der Waals surface area contributed by atoms with Gasteiger partial charge in [-0.2, -0.15) is 5.10 Å². The third kappa shape index (κ3) is 3.28. The van der Waals surface area contributed by atoms with Gasteiger partial charge in [-0.3, -0.25) is 4.79 Å². The van der Waals surface area contributed by atoms with Crippen LogP contribution in [0.3, 0.4) is 0 Å². The van der Waals surface area contributed by atoms with Gasteiger partial charge in [0.05, 0.1) is 22.9 Å². The summed E-state index contributed by atoms with van der Waals surface area (Å²) in [5, 5.41) is 4.32. The molecule has 6 rings (SSSR count). The summed E-state index contributed by atoms with van der Waals surface area (Å²) in [5.74, 6) is 6.17. The smallest absolute Gasteiger partial charge is 0.245 e. The number of halogens is 1. The molecule has 1 aromatic carbocycles. The van der Waals surface area contributed by atoms with Crippen molar-refractivity contribution in [1.82, 2.24) is 34.0 Å². The molecule has 4 heterocycles. The lowest BCUT2D eigenvalue weighted by molar-refractivity contribution is -0.125. The maximum Gasteiger partial charge on any atom is 0.245 e. The van der Waals surface area contributed by atoms with Gasteiger partial charge in [0.1, 0.15) is 29.2 Å². The van der Waals surface area contributed by atoms with Gasteiger partial charge in [0.2, 0.25) is 5.91 Å². The molecular weight excluding hydrogens is 435 g/mol. The standard InChI is InChI=1S/C24H21FN8O/c1-2-21(34)31-8-7-15(11-31)24-30-18(22-23(26)27-12-29-33(22)24)6-3-14-9-19-20(10-17(14)25)32(13-28-19)16-4-5-16/h2,9-10,12-13,15-16H,1,4-5,7-8,11H2,(H2,26,27,29)/t15-/m0/s1. The quantitative estimate of drug-likeness (QED) is 0.375. The molecule has 1 saturated heterocycles. The van der Waals surface area contributed by atoms with Crippen LogP contribution in [0.4, 0.5) is 10.2 Å². The molecule has 1 amide bonds. The third-order valence-corrected chi connectivity index (χ3v) is 6.45. The van der Waals surface area contributed by atoms with Gasteiger partial charge in [-0.15, -0.1) is 0 Å². The fraction of sp³-hybridized carbons (Fsp3) is 0.292. The van der Waals surface area contributed by atoms with Crippen LogP contribution in [0, 0.1) is 17.7 Å². The van der Waals surface area contributed by atoms with Crippen molar-refractivity contribution in [1.29, 1.82) is 0 Å². The largest absolute Gasteiger partial charge is 0.382 e. The van der Waals surface area contributed by atoms with Crippen LogP contribution in [0.5, 0.6) is 0 Å². The number of rotatable bonds is 3. The number of carbonyl (C=O) groups is 1. The first-order valence-electron chi connectivity index (χ1n) is 11.1. The lowest BCUT2D eigenvalue weighted by Gasteiger charge is -2.13. The van der Waals surface area contributed by atoms with E-state index < -0.39 is 5.82 Å². The summed E-state index contributed by atoms with van der Waals surface area (Å²) in [5.41, 5.74) is 8.68. The SMILES string of the molecule is C=CC(=O)N1CC[C@H](c2nc(C#Cc3cc4ncn(C5CC5)c4cc3F)c3c(N)ncnn23)C1. The number of hydrogen-bond donors (Lipinski definition) is 1. The molecule has 0 radical (unpaired) electrons. The summed E-state index contributed by atoms with van der Waals surface area (Å²) in [7, 11) is 0. The minimum atomic E-state index is -0.412. The predicted molar refractivity (Wildman–Crippen MR) is 123 cm³/mol. The average molecular weight is 456 g/mol. The van der Waals surface area contributed by atoms with E-state index in [9.17, 15) is 9.18 Å². The van der Waals surface area contributed by atoms with Crippen molar-refractivity contribution in [3.63, 3.8) is 0 Å². The Kier molecular flexibility index (Phi) is 4.58. The van der Waals surface area contributed by atoms with Crippen LogP contribution in [0.15, 0.2) is 37.4 Å². The number of nitrogens with two attached hydrogens (primary N) is 1. The number of amides is 1. The van der Waals surface area contributed by atoms with Crippen LogP contribution in [-0.2, 0) is 4.79 Å². The van der Waals surface area contributed by atoms with Crippen LogP contribution in [-0.4, -0.2) is 53.0 Å². The summed E-state index contributed by atoms with van der Waals surface area (Å²) in [6.07, 6.45) is 7.33. The molecule has 3 aromatic heterocycles. The molecule has 0 spiro atoms. The summed E-state index contributed by atoms with van der Waals surface area (Å²) in [6, 6.07) is 3.56. The molecule has 1 aliphatic carbocycles. The minimum absolute atomic E-state index is 0.0410. The van der Waals surface area contributed by atoms with Crippen molar-refractivity contribution in [2.24, 2.45) is 0 Å². The summed E-state index contributed by atoms with van der Waals surface area (Å²) in [4.78, 5) is 26.9. The van der Waals surface area contributed by atoms with Crippen molar-refractivity contribution < 1.29 is 9.18 Å². The normalized spacial score (nSPS) is 17.8. The molecule has 1 aliphatic heterocycles. The molecule has 1 atom stereocenters. The molecule has 10 heteroatoms. The van der Waals surface area contributed by atoms with E-state index in [4.69, 9.17) is 10.7 Å². The number of nitrogen functional groups attached to an aromatic ring is 1. The lowest BCUT2D eigenvalue weighted by atomic mass is 10.1. The van der Waals surface area contributed by atoms with E-state index in [0.29, 0.717) is 41.7 Å². The molecule has 4 aromatic rings. The Labute approximate surface area is 194 Å². The molecule has 2 fully saturated rings. The highest BCUT2D eigenvalue weighted by molar-refractivity contribution is 5.87. The van der Waals surface area contributed by atoms with Gasteiger partial charge in [0.25, 0.3) is 0 Å². The Morgan fingerprint density at radius 2 is 2.09 bits per heavy atom. The number of anilines is 1. The number of likely N-dealkylation sites (tertiary alicyclic amines) is 1. The average Bonchev–Trinajstić information content (AvgIpc) is 3.25. The summed E-state index contributed by atoms with van der Waals surface area (Å²) < 4.78 is 18.5. The molecule has 9 nitrogen and oxygen atoms in total. The molecule has 34 heavy (non-hydrogen) atoms. The maximum atomic E-state index is 14.9. The van der Waals surface area contributed by atoms with Gasteiger partial charge in [-0.1, -0.05) is 12.5 Å². The van der Waals surface area contributed by atoms with Crippen LogP contribution in [0.2, 0.25) is 0 Å². The van der Waals surface area contributed by atoms with Crippen LogP contribution < -0.4 is 5.73 Å². The van der Waals surface area contributed by atoms with E-state index in [-0.39, 0.29) is 23.2 Å².